The lowest BCUT2D eigenvalue weighted by Gasteiger charge is -2.20. The van der Waals surface area contributed by atoms with Gasteiger partial charge in [-0.3, -0.25) is 0 Å². The van der Waals surface area contributed by atoms with Crippen LogP contribution >= 0.6 is 37.8 Å². The van der Waals surface area contributed by atoms with E-state index in [4.69, 9.17) is 11.8 Å². The SMILES string of the molecule is CCCCCCCCSP(=S)(SCCCCCCCC)SCCCCCCCC. The Morgan fingerprint density at radius 2 is 0.655 bits per heavy atom. The van der Waals surface area contributed by atoms with E-state index in [1.807, 2.05) is 0 Å². The molecular weight excluding hydrogens is 448 g/mol. The Labute approximate surface area is 202 Å². The van der Waals surface area contributed by atoms with Crippen molar-refractivity contribution in [3.63, 3.8) is 0 Å². The average molecular weight is 499 g/mol. The Kier molecular flexibility index (Phi) is 25.8. The smallest absolute Gasteiger partial charge is 0.104 e. The van der Waals surface area contributed by atoms with E-state index in [0.717, 1.165) is 0 Å². The molecule has 0 radical (unpaired) electrons. The number of rotatable bonds is 24. The predicted octanol–water partition coefficient (Wildman–Crippen LogP) is 11.5. The topological polar surface area (TPSA) is 0 Å². The van der Waals surface area contributed by atoms with Crippen molar-refractivity contribution >= 4 is 49.6 Å². The molecule has 176 valence electrons. The summed E-state index contributed by atoms with van der Waals surface area (Å²) in [6.45, 7) is 6.90. The Hall–Kier alpha value is 1.70. The van der Waals surface area contributed by atoms with Gasteiger partial charge in [-0.1, -0.05) is 129 Å². The molecule has 0 rings (SSSR count). The minimum absolute atomic E-state index is 1.30. The van der Waals surface area contributed by atoms with E-state index in [1.165, 1.54) is 133 Å². The molecule has 0 nitrogen and oxygen atoms in total. The lowest BCUT2D eigenvalue weighted by Crippen LogP contribution is -1.86. The summed E-state index contributed by atoms with van der Waals surface area (Å²) in [7, 11) is 0. The van der Waals surface area contributed by atoms with Crippen molar-refractivity contribution in [2.45, 2.75) is 136 Å². The van der Waals surface area contributed by atoms with Crippen LogP contribution in [0, 0.1) is 0 Å². The van der Waals surface area contributed by atoms with Gasteiger partial charge in [-0.05, 0) is 36.5 Å². The molecule has 0 saturated carbocycles. The molecule has 0 fully saturated rings. The van der Waals surface area contributed by atoms with Crippen LogP contribution < -0.4 is 0 Å². The molecule has 29 heavy (non-hydrogen) atoms. The molecule has 0 aromatic rings. The van der Waals surface area contributed by atoms with Gasteiger partial charge in [0.1, 0.15) is 3.64 Å². The molecule has 0 N–H and O–H groups in total. The summed E-state index contributed by atoms with van der Waals surface area (Å²) in [6.07, 6.45) is 25.2. The summed E-state index contributed by atoms with van der Waals surface area (Å²) in [6, 6.07) is 0. The molecule has 0 amide bonds. The minimum Gasteiger partial charge on any atom is -0.104 e. The van der Waals surface area contributed by atoms with E-state index in [0.29, 0.717) is 0 Å². The molecule has 0 saturated heterocycles. The first-order valence-electron chi connectivity index (χ1n) is 12.7. The normalized spacial score (nSPS) is 12.0. The first kappa shape index (κ1) is 30.7. The highest BCUT2D eigenvalue weighted by molar-refractivity contribution is 9.23. The standard InChI is InChI=1S/C24H51PS4/c1-4-7-10-13-16-19-22-27-25(26,28-23-20-17-14-11-8-5-2)29-24-21-18-15-12-9-6-3/h4-24H2,1-3H3. The maximum atomic E-state index is 6.26. The quantitative estimate of drug-likeness (QED) is 0.0957. The van der Waals surface area contributed by atoms with Crippen LogP contribution in [-0.2, 0) is 11.8 Å². The van der Waals surface area contributed by atoms with Gasteiger partial charge in [0.05, 0.1) is 0 Å². The maximum absolute atomic E-state index is 6.26. The molecule has 0 spiro atoms. The highest BCUT2D eigenvalue weighted by Crippen LogP contribution is 2.78. The fourth-order valence-corrected chi connectivity index (χ4v) is 17.1. The number of hydrogen-bond acceptors (Lipinski definition) is 4. The van der Waals surface area contributed by atoms with Gasteiger partial charge in [-0.15, -0.1) is 34.1 Å². The van der Waals surface area contributed by atoms with Crippen LogP contribution in [0.1, 0.15) is 136 Å². The minimum atomic E-state index is -1.32. The second-order valence-electron chi connectivity index (χ2n) is 8.25. The molecule has 0 unspecified atom stereocenters. The van der Waals surface area contributed by atoms with Gasteiger partial charge in [0.2, 0.25) is 0 Å². The lowest BCUT2D eigenvalue weighted by atomic mass is 10.1. The van der Waals surface area contributed by atoms with Gasteiger partial charge in [-0.25, -0.2) is 0 Å². The van der Waals surface area contributed by atoms with Crippen LogP contribution in [0.25, 0.3) is 0 Å². The number of unbranched alkanes of at least 4 members (excludes halogenated alkanes) is 15. The molecular formula is C24H51PS4. The third kappa shape index (κ3) is 22.7. The van der Waals surface area contributed by atoms with Crippen molar-refractivity contribution in [2.24, 2.45) is 0 Å². The van der Waals surface area contributed by atoms with Crippen molar-refractivity contribution in [1.82, 2.24) is 0 Å². The van der Waals surface area contributed by atoms with Crippen LogP contribution in [0.5, 0.6) is 0 Å². The Morgan fingerprint density at radius 3 is 0.931 bits per heavy atom. The van der Waals surface area contributed by atoms with E-state index in [-0.39, 0.29) is 0 Å². The van der Waals surface area contributed by atoms with Crippen molar-refractivity contribution < 1.29 is 0 Å². The molecule has 0 aromatic carbocycles. The largest absolute Gasteiger partial charge is 0.109 e. The van der Waals surface area contributed by atoms with Gasteiger partial charge < -0.3 is 0 Å². The van der Waals surface area contributed by atoms with Crippen molar-refractivity contribution in [3.05, 3.63) is 0 Å². The van der Waals surface area contributed by atoms with Gasteiger partial charge in [0.25, 0.3) is 0 Å². The zero-order valence-corrected chi connectivity index (χ0v) is 24.1. The van der Waals surface area contributed by atoms with Gasteiger partial charge in [-0.2, -0.15) is 0 Å². The fraction of sp³-hybridized carbons (Fsp3) is 1.00. The second-order valence-corrected chi connectivity index (χ2v) is 24.2. The Balaban J connectivity index is 4.05. The molecule has 0 aliphatic heterocycles. The summed E-state index contributed by atoms with van der Waals surface area (Å²) in [5.74, 6) is 3.91. The molecule has 0 aliphatic carbocycles. The van der Waals surface area contributed by atoms with Gasteiger partial charge >= 0.3 is 0 Å². The van der Waals surface area contributed by atoms with Crippen LogP contribution in [0.2, 0.25) is 0 Å². The van der Waals surface area contributed by atoms with Crippen molar-refractivity contribution in [1.29, 1.82) is 0 Å². The lowest BCUT2D eigenvalue weighted by molar-refractivity contribution is 0.627. The zero-order chi connectivity index (χ0) is 21.5. The summed E-state index contributed by atoms with van der Waals surface area (Å²) < 4.78 is -1.32. The van der Waals surface area contributed by atoms with E-state index in [2.05, 4.69) is 54.9 Å². The van der Waals surface area contributed by atoms with Crippen LogP contribution in [0.4, 0.5) is 0 Å². The highest BCUT2D eigenvalue weighted by Gasteiger charge is 2.18. The van der Waals surface area contributed by atoms with Gasteiger partial charge in [0.15, 0.2) is 0 Å². The number of hydrogen-bond donors (Lipinski definition) is 0. The van der Waals surface area contributed by atoms with E-state index < -0.39 is 3.64 Å². The fourth-order valence-electron chi connectivity index (χ4n) is 3.29. The zero-order valence-electron chi connectivity index (χ0n) is 19.9. The molecule has 0 bridgehead atoms. The van der Waals surface area contributed by atoms with E-state index in [9.17, 15) is 0 Å². The van der Waals surface area contributed by atoms with Crippen LogP contribution in [0.15, 0.2) is 0 Å². The second kappa shape index (κ2) is 24.3. The van der Waals surface area contributed by atoms with E-state index >= 15 is 0 Å². The summed E-state index contributed by atoms with van der Waals surface area (Å²) in [5, 5.41) is 0. The van der Waals surface area contributed by atoms with Gasteiger partial charge in [0, 0.05) is 0 Å². The Morgan fingerprint density at radius 1 is 0.414 bits per heavy atom. The molecule has 0 aromatic heterocycles. The average Bonchev–Trinajstić information content (AvgIpc) is 2.72. The van der Waals surface area contributed by atoms with Crippen molar-refractivity contribution in [3.8, 4) is 0 Å². The third-order valence-corrected chi connectivity index (χ3v) is 20.6. The summed E-state index contributed by atoms with van der Waals surface area (Å²) in [4.78, 5) is 0. The maximum Gasteiger partial charge on any atom is 0.109 e. The molecule has 0 heterocycles. The molecule has 5 heteroatoms. The summed E-state index contributed by atoms with van der Waals surface area (Å²) in [5.41, 5.74) is 0. The first-order valence-corrected chi connectivity index (χ1v) is 20.3. The van der Waals surface area contributed by atoms with E-state index in [1.54, 1.807) is 0 Å². The monoisotopic (exact) mass is 498 g/mol. The Bertz CT molecular complexity index is 310. The molecule has 0 aliphatic rings. The summed E-state index contributed by atoms with van der Waals surface area (Å²) >= 11 is 12.8. The predicted molar refractivity (Wildman–Crippen MR) is 152 cm³/mol. The van der Waals surface area contributed by atoms with Crippen LogP contribution in [0.3, 0.4) is 0 Å². The highest BCUT2D eigenvalue weighted by atomic mass is 33.5. The third-order valence-electron chi connectivity index (χ3n) is 5.24. The molecule has 0 atom stereocenters. The first-order chi connectivity index (χ1) is 14.2. The van der Waals surface area contributed by atoms with Crippen LogP contribution in [-0.4, -0.2) is 17.3 Å². The van der Waals surface area contributed by atoms with Crippen molar-refractivity contribution in [2.75, 3.05) is 17.3 Å².